The lowest BCUT2D eigenvalue weighted by molar-refractivity contribution is -0.0373. The maximum atomic E-state index is 12.8. The summed E-state index contributed by atoms with van der Waals surface area (Å²) in [6, 6.07) is 9.21. The Hall–Kier alpha value is -1.65. The van der Waals surface area contributed by atoms with Gasteiger partial charge in [0.2, 0.25) is 0 Å². The Morgan fingerprint density at radius 1 is 1.38 bits per heavy atom. The predicted octanol–water partition coefficient (Wildman–Crippen LogP) is 3.14. The van der Waals surface area contributed by atoms with Crippen molar-refractivity contribution in [2.45, 2.75) is 19.4 Å². The fourth-order valence-corrected chi connectivity index (χ4v) is 2.88. The monoisotopic (exact) mass is 304 g/mol. The number of nitrogens with zero attached hydrogens (tertiary/aromatic N) is 2. The SMILES string of the molecule is CC1(C)COCCN1C(=O)c1cc(Cl)c2ccccc2n1. The molecule has 0 bridgehead atoms. The van der Waals surface area contributed by atoms with Crippen LogP contribution in [0, 0.1) is 0 Å². The topological polar surface area (TPSA) is 42.4 Å². The lowest BCUT2D eigenvalue weighted by Crippen LogP contribution is -2.55. The smallest absolute Gasteiger partial charge is 0.273 e. The lowest BCUT2D eigenvalue weighted by Gasteiger charge is -2.41. The molecule has 3 rings (SSSR count). The molecule has 1 aliphatic rings. The van der Waals surface area contributed by atoms with Crippen LogP contribution in [0.3, 0.4) is 0 Å². The maximum absolute atomic E-state index is 12.8. The molecule has 0 radical (unpaired) electrons. The molecular weight excluding hydrogens is 288 g/mol. The summed E-state index contributed by atoms with van der Waals surface area (Å²) in [5.74, 6) is -0.101. The summed E-state index contributed by atoms with van der Waals surface area (Å²) >= 11 is 6.28. The van der Waals surface area contributed by atoms with Crippen molar-refractivity contribution < 1.29 is 9.53 Å². The zero-order valence-electron chi connectivity index (χ0n) is 12.1. The number of carbonyl (C=O) groups is 1. The molecule has 4 nitrogen and oxygen atoms in total. The maximum Gasteiger partial charge on any atom is 0.273 e. The Morgan fingerprint density at radius 2 is 2.14 bits per heavy atom. The van der Waals surface area contributed by atoms with Crippen LogP contribution in [0.1, 0.15) is 24.3 Å². The van der Waals surface area contributed by atoms with Gasteiger partial charge in [-0.3, -0.25) is 4.79 Å². The summed E-state index contributed by atoms with van der Waals surface area (Å²) < 4.78 is 5.45. The van der Waals surface area contributed by atoms with Gasteiger partial charge in [0.25, 0.3) is 5.91 Å². The number of morpholine rings is 1. The van der Waals surface area contributed by atoms with Gasteiger partial charge >= 0.3 is 0 Å². The Morgan fingerprint density at radius 3 is 2.90 bits per heavy atom. The summed E-state index contributed by atoms with van der Waals surface area (Å²) in [6.07, 6.45) is 0. The fraction of sp³-hybridized carbons (Fsp3) is 0.375. The third-order valence-electron chi connectivity index (χ3n) is 3.78. The van der Waals surface area contributed by atoms with E-state index in [1.807, 2.05) is 43.0 Å². The van der Waals surface area contributed by atoms with Gasteiger partial charge in [0.1, 0.15) is 5.69 Å². The number of hydrogen-bond donors (Lipinski definition) is 0. The normalized spacial score (nSPS) is 18.0. The Balaban J connectivity index is 2.01. The van der Waals surface area contributed by atoms with Crippen molar-refractivity contribution in [1.29, 1.82) is 0 Å². The molecule has 2 aromatic rings. The highest BCUT2D eigenvalue weighted by molar-refractivity contribution is 6.35. The van der Waals surface area contributed by atoms with Crippen LogP contribution in [0.2, 0.25) is 5.02 Å². The van der Waals surface area contributed by atoms with E-state index in [4.69, 9.17) is 16.3 Å². The average Bonchev–Trinajstić information content (AvgIpc) is 2.46. The molecule has 21 heavy (non-hydrogen) atoms. The van der Waals surface area contributed by atoms with Crippen molar-refractivity contribution in [3.8, 4) is 0 Å². The summed E-state index contributed by atoms with van der Waals surface area (Å²) in [6.45, 7) is 5.63. The fourth-order valence-electron chi connectivity index (χ4n) is 2.62. The minimum absolute atomic E-state index is 0.101. The highest BCUT2D eigenvalue weighted by Crippen LogP contribution is 2.26. The second-order valence-corrected chi connectivity index (χ2v) is 6.24. The Bertz CT molecular complexity index is 700. The van der Waals surface area contributed by atoms with E-state index in [1.54, 1.807) is 6.07 Å². The van der Waals surface area contributed by atoms with E-state index >= 15 is 0 Å². The molecule has 0 unspecified atom stereocenters. The minimum atomic E-state index is -0.338. The van der Waals surface area contributed by atoms with Crippen LogP contribution in [0.5, 0.6) is 0 Å². The van der Waals surface area contributed by atoms with Crippen molar-refractivity contribution in [1.82, 2.24) is 9.88 Å². The van der Waals surface area contributed by atoms with Crippen LogP contribution in [0.4, 0.5) is 0 Å². The van der Waals surface area contributed by atoms with Crippen LogP contribution >= 0.6 is 11.6 Å². The number of hydrogen-bond acceptors (Lipinski definition) is 3. The van der Waals surface area contributed by atoms with Crippen molar-refractivity contribution in [2.75, 3.05) is 19.8 Å². The molecule has 2 heterocycles. The molecule has 1 aromatic heterocycles. The molecule has 0 saturated carbocycles. The first kappa shape index (κ1) is 14.3. The van der Waals surface area contributed by atoms with Gasteiger partial charge in [-0.05, 0) is 26.0 Å². The van der Waals surface area contributed by atoms with Gasteiger partial charge in [-0.25, -0.2) is 4.98 Å². The summed E-state index contributed by atoms with van der Waals surface area (Å²) in [5, 5.41) is 1.41. The molecule has 1 saturated heterocycles. The molecule has 1 fully saturated rings. The third-order valence-corrected chi connectivity index (χ3v) is 4.09. The van der Waals surface area contributed by atoms with Gasteiger partial charge < -0.3 is 9.64 Å². The van der Waals surface area contributed by atoms with E-state index < -0.39 is 0 Å². The van der Waals surface area contributed by atoms with E-state index in [9.17, 15) is 4.79 Å². The van der Waals surface area contributed by atoms with Crippen LogP contribution in [-0.4, -0.2) is 41.1 Å². The van der Waals surface area contributed by atoms with Crippen molar-refractivity contribution in [2.24, 2.45) is 0 Å². The van der Waals surface area contributed by atoms with E-state index in [-0.39, 0.29) is 11.4 Å². The van der Waals surface area contributed by atoms with Gasteiger partial charge in [-0.15, -0.1) is 0 Å². The van der Waals surface area contributed by atoms with Crippen molar-refractivity contribution >= 4 is 28.4 Å². The van der Waals surface area contributed by atoms with Gasteiger partial charge in [0, 0.05) is 11.9 Å². The van der Waals surface area contributed by atoms with E-state index in [2.05, 4.69) is 4.98 Å². The minimum Gasteiger partial charge on any atom is -0.377 e. The lowest BCUT2D eigenvalue weighted by atomic mass is 10.0. The number of rotatable bonds is 1. The van der Waals surface area contributed by atoms with E-state index in [1.165, 1.54) is 0 Å². The molecule has 0 atom stereocenters. The Labute approximate surface area is 128 Å². The molecule has 1 aliphatic heterocycles. The van der Waals surface area contributed by atoms with Gasteiger partial charge in [-0.2, -0.15) is 0 Å². The highest BCUT2D eigenvalue weighted by Gasteiger charge is 2.35. The van der Waals surface area contributed by atoms with Gasteiger partial charge in [-0.1, -0.05) is 29.8 Å². The number of fused-ring (bicyclic) bond motifs is 1. The quantitative estimate of drug-likeness (QED) is 0.813. The standard InChI is InChI=1S/C16H17ClN2O2/c1-16(2)10-21-8-7-19(16)15(20)14-9-12(17)11-5-3-4-6-13(11)18-14/h3-6,9H,7-8,10H2,1-2H3. The second kappa shape index (κ2) is 5.28. The van der Waals surface area contributed by atoms with E-state index in [0.717, 1.165) is 10.9 Å². The second-order valence-electron chi connectivity index (χ2n) is 5.83. The van der Waals surface area contributed by atoms with Gasteiger partial charge in [0.05, 0.1) is 29.3 Å². The number of carbonyl (C=O) groups excluding carboxylic acids is 1. The number of halogens is 1. The number of aromatic nitrogens is 1. The summed E-state index contributed by atoms with van der Waals surface area (Å²) in [5.41, 5.74) is 0.780. The zero-order valence-corrected chi connectivity index (χ0v) is 12.9. The average molecular weight is 305 g/mol. The molecule has 1 amide bonds. The van der Waals surface area contributed by atoms with Crippen molar-refractivity contribution in [3.05, 3.63) is 41.0 Å². The largest absolute Gasteiger partial charge is 0.377 e. The van der Waals surface area contributed by atoms with Crippen LogP contribution in [0.25, 0.3) is 10.9 Å². The molecule has 0 N–H and O–H groups in total. The van der Waals surface area contributed by atoms with Crippen LogP contribution < -0.4 is 0 Å². The first-order valence-corrected chi connectivity index (χ1v) is 7.32. The number of pyridine rings is 1. The highest BCUT2D eigenvalue weighted by atomic mass is 35.5. The summed E-state index contributed by atoms with van der Waals surface area (Å²) in [4.78, 5) is 19.0. The number of benzene rings is 1. The number of ether oxygens (including phenoxy) is 1. The molecule has 110 valence electrons. The Kier molecular flexibility index (Phi) is 3.59. The van der Waals surface area contributed by atoms with Crippen molar-refractivity contribution in [3.63, 3.8) is 0 Å². The van der Waals surface area contributed by atoms with E-state index in [0.29, 0.717) is 30.5 Å². The first-order chi connectivity index (χ1) is 9.99. The molecule has 0 aliphatic carbocycles. The molecule has 0 spiro atoms. The number of amides is 1. The third kappa shape index (κ3) is 2.61. The summed E-state index contributed by atoms with van der Waals surface area (Å²) in [7, 11) is 0. The molecular formula is C16H17ClN2O2. The van der Waals surface area contributed by atoms with Crippen LogP contribution in [-0.2, 0) is 4.74 Å². The van der Waals surface area contributed by atoms with Gasteiger partial charge in [0.15, 0.2) is 0 Å². The number of para-hydroxylation sites is 1. The van der Waals surface area contributed by atoms with Crippen LogP contribution in [0.15, 0.2) is 30.3 Å². The molecule has 1 aromatic carbocycles. The predicted molar refractivity (Wildman–Crippen MR) is 82.7 cm³/mol. The first-order valence-electron chi connectivity index (χ1n) is 6.94. The molecule has 5 heteroatoms. The zero-order chi connectivity index (χ0) is 15.0.